The van der Waals surface area contributed by atoms with Crippen molar-refractivity contribution in [2.45, 2.75) is 38.9 Å². The number of amides is 2. The van der Waals surface area contributed by atoms with Crippen LogP contribution in [0.5, 0.6) is 5.75 Å². The molecule has 6 nitrogen and oxygen atoms in total. The van der Waals surface area contributed by atoms with Gasteiger partial charge in [0.2, 0.25) is 0 Å². The predicted octanol–water partition coefficient (Wildman–Crippen LogP) is 3.86. The van der Waals surface area contributed by atoms with E-state index in [-0.39, 0.29) is 34.8 Å². The fourth-order valence-electron chi connectivity index (χ4n) is 3.73. The molecule has 1 fully saturated rings. The molecule has 0 radical (unpaired) electrons. The molecular weight excluding hydrogens is 394 g/mol. The van der Waals surface area contributed by atoms with E-state index in [0.29, 0.717) is 18.5 Å². The summed E-state index contributed by atoms with van der Waals surface area (Å²) < 4.78 is 32.2. The van der Waals surface area contributed by atoms with Crippen molar-refractivity contribution >= 4 is 17.5 Å². The first-order valence-electron chi connectivity index (χ1n) is 9.75. The number of ether oxygens (including phenoxy) is 1. The van der Waals surface area contributed by atoms with Crippen LogP contribution in [-0.4, -0.2) is 35.7 Å². The second-order valence-electron chi connectivity index (χ2n) is 7.65. The van der Waals surface area contributed by atoms with Crippen LogP contribution in [0.1, 0.15) is 47.4 Å². The van der Waals surface area contributed by atoms with Crippen molar-refractivity contribution in [2.24, 2.45) is 5.92 Å². The molecule has 1 aliphatic rings. The summed E-state index contributed by atoms with van der Waals surface area (Å²) in [5, 5.41) is 15.5. The van der Waals surface area contributed by atoms with Crippen molar-refractivity contribution < 1.29 is 28.2 Å². The van der Waals surface area contributed by atoms with Crippen LogP contribution in [0.15, 0.2) is 36.4 Å². The van der Waals surface area contributed by atoms with Crippen LogP contribution in [-0.2, 0) is 4.74 Å². The monoisotopic (exact) mass is 418 g/mol. The molecule has 2 amide bonds. The fraction of sp³-hybridized carbons (Fsp3) is 0.364. The molecule has 0 spiro atoms. The molecule has 30 heavy (non-hydrogen) atoms. The third-order valence-electron chi connectivity index (χ3n) is 4.97. The number of carbonyl (C=O) groups excluding carboxylic acids is 2. The first-order chi connectivity index (χ1) is 14.2. The number of rotatable bonds is 5. The number of aromatic hydroxyl groups is 1. The summed E-state index contributed by atoms with van der Waals surface area (Å²) in [5.41, 5.74) is 0.0532. The summed E-state index contributed by atoms with van der Waals surface area (Å²) in [6.07, 6.45) is 1.97. The molecule has 1 saturated heterocycles. The lowest BCUT2D eigenvalue weighted by molar-refractivity contribution is -0.0513. The predicted molar refractivity (Wildman–Crippen MR) is 107 cm³/mol. The third kappa shape index (κ3) is 5.54. The molecular formula is C22H24F2N2O4. The van der Waals surface area contributed by atoms with E-state index in [4.69, 9.17) is 4.74 Å². The molecule has 0 aliphatic carbocycles. The Morgan fingerprint density at radius 1 is 1.03 bits per heavy atom. The number of halogens is 2. The van der Waals surface area contributed by atoms with Crippen molar-refractivity contribution in [2.75, 3.05) is 11.9 Å². The van der Waals surface area contributed by atoms with Crippen LogP contribution in [0.2, 0.25) is 0 Å². The van der Waals surface area contributed by atoms with E-state index in [9.17, 15) is 23.5 Å². The molecule has 0 saturated carbocycles. The molecule has 8 heteroatoms. The fourth-order valence-corrected chi connectivity index (χ4v) is 3.73. The van der Waals surface area contributed by atoms with Crippen LogP contribution in [0.4, 0.5) is 14.5 Å². The Kier molecular flexibility index (Phi) is 6.66. The highest BCUT2D eigenvalue weighted by Crippen LogP contribution is 2.25. The Labute approximate surface area is 173 Å². The van der Waals surface area contributed by atoms with Gasteiger partial charge in [-0.2, -0.15) is 0 Å². The van der Waals surface area contributed by atoms with Crippen LogP contribution < -0.4 is 10.6 Å². The van der Waals surface area contributed by atoms with E-state index in [1.165, 1.54) is 18.2 Å². The molecule has 160 valence electrons. The van der Waals surface area contributed by atoms with Crippen LogP contribution in [0.25, 0.3) is 0 Å². The highest BCUT2D eigenvalue weighted by molar-refractivity contribution is 6.05. The van der Waals surface area contributed by atoms with Crippen molar-refractivity contribution in [3.63, 3.8) is 0 Å². The van der Waals surface area contributed by atoms with Gasteiger partial charge < -0.3 is 20.5 Å². The zero-order valence-corrected chi connectivity index (χ0v) is 16.7. The maximum atomic E-state index is 13.3. The zero-order valence-electron chi connectivity index (χ0n) is 16.7. The zero-order chi connectivity index (χ0) is 21.8. The Hall–Kier alpha value is -3.00. The largest absolute Gasteiger partial charge is 0.507 e. The molecule has 0 aromatic heterocycles. The highest BCUT2D eigenvalue weighted by atomic mass is 19.1. The van der Waals surface area contributed by atoms with Gasteiger partial charge in [-0.05, 0) is 56.9 Å². The molecule has 2 aromatic carbocycles. The molecule has 1 unspecified atom stereocenters. The molecule has 3 N–H and O–H groups in total. The summed E-state index contributed by atoms with van der Waals surface area (Å²) in [4.78, 5) is 24.6. The van der Waals surface area contributed by atoms with E-state index >= 15 is 0 Å². The first-order valence-corrected chi connectivity index (χ1v) is 9.75. The molecule has 2 aromatic rings. The summed E-state index contributed by atoms with van der Waals surface area (Å²) in [7, 11) is 0. The Balaban J connectivity index is 1.61. The number of phenols is 1. The summed E-state index contributed by atoms with van der Waals surface area (Å²) >= 11 is 0. The average Bonchev–Trinajstić information content (AvgIpc) is 2.64. The molecule has 0 bridgehead atoms. The van der Waals surface area contributed by atoms with Gasteiger partial charge in [0.05, 0.1) is 17.8 Å². The molecule has 1 heterocycles. The number of carbonyl (C=O) groups is 2. The van der Waals surface area contributed by atoms with Gasteiger partial charge in [0.25, 0.3) is 11.8 Å². The van der Waals surface area contributed by atoms with E-state index < -0.39 is 23.4 Å². The number of benzene rings is 2. The van der Waals surface area contributed by atoms with Gasteiger partial charge in [0.1, 0.15) is 17.4 Å². The number of anilines is 1. The van der Waals surface area contributed by atoms with Gasteiger partial charge in [0.15, 0.2) is 0 Å². The number of hydrogen-bond donors (Lipinski definition) is 3. The molecule has 3 rings (SSSR count). The normalized spacial score (nSPS) is 21.1. The lowest BCUT2D eigenvalue weighted by Gasteiger charge is -2.32. The second kappa shape index (κ2) is 9.21. The standard InChI is InChI=1S/C22H24F2N2O4/c1-12-5-14(6-13(2)30-12)11-25-22(29)19-4-3-18(10-20(19)27)26-21(28)15-7-16(23)9-17(24)8-15/h3-4,7-10,12-14,27H,5-6,11H2,1-2H3,(H,25,29)(H,26,28)/t12-,13+,14?. The van der Waals surface area contributed by atoms with Gasteiger partial charge in [-0.3, -0.25) is 9.59 Å². The average molecular weight is 418 g/mol. The van der Waals surface area contributed by atoms with Crippen molar-refractivity contribution in [1.29, 1.82) is 0 Å². The first kappa shape index (κ1) is 21.7. The Bertz CT molecular complexity index is 920. The molecule has 3 atom stereocenters. The third-order valence-corrected chi connectivity index (χ3v) is 4.97. The number of nitrogens with one attached hydrogen (secondary N) is 2. The van der Waals surface area contributed by atoms with E-state index in [1.807, 2.05) is 13.8 Å². The van der Waals surface area contributed by atoms with Crippen molar-refractivity contribution in [1.82, 2.24) is 5.32 Å². The summed E-state index contributed by atoms with van der Waals surface area (Å²) in [6.45, 7) is 4.48. The minimum absolute atomic E-state index is 0.0676. The van der Waals surface area contributed by atoms with E-state index in [2.05, 4.69) is 10.6 Å². The van der Waals surface area contributed by atoms with Crippen LogP contribution in [0, 0.1) is 17.6 Å². The van der Waals surface area contributed by atoms with E-state index in [1.54, 1.807) is 0 Å². The van der Waals surface area contributed by atoms with Gasteiger partial charge in [-0.1, -0.05) is 0 Å². The van der Waals surface area contributed by atoms with Crippen LogP contribution >= 0.6 is 0 Å². The van der Waals surface area contributed by atoms with Gasteiger partial charge in [-0.25, -0.2) is 8.78 Å². The Morgan fingerprint density at radius 3 is 2.27 bits per heavy atom. The van der Waals surface area contributed by atoms with Gasteiger partial charge >= 0.3 is 0 Å². The second-order valence-corrected chi connectivity index (χ2v) is 7.65. The van der Waals surface area contributed by atoms with Crippen molar-refractivity contribution in [3.8, 4) is 5.75 Å². The number of phenolic OH excluding ortho intramolecular Hbond substituents is 1. The Morgan fingerprint density at radius 2 is 1.67 bits per heavy atom. The summed E-state index contributed by atoms with van der Waals surface area (Å²) in [6, 6.07) is 6.48. The lowest BCUT2D eigenvalue weighted by atomic mass is 9.92. The maximum absolute atomic E-state index is 13.3. The SMILES string of the molecule is C[C@@H]1CC(CNC(=O)c2ccc(NC(=O)c3cc(F)cc(F)c3)cc2O)C[C@H](C)O1. The minimum atomic E-state index is -0.872. The minimum Gasteiger partial charge on any atom is -0.507 e. The quantitative estimate of drug-likeness (QED) is 0.688. The topological polar surface area (TPSA) is 87.7 Å². The lowest BCUT2D eigenvalue weighted by Crippen LogP contribution is -2.37. The smallest absolute Gasteiger partial charge is 0.255 e. The van der Waals surface area contributed by atoms with Gasteiger partial charge in [0, 0.05) is 29.9 Å². The van der Waals surface area contributed by atoms with Crippen LogP contribution in [0.3, 0.4) is 0 Å². The highest BCUT2D eigenvalue weighted by Gasteiger charge is 2.25. The number of hydrogen-bond acceptors (Lipinski definition) is 4. The maximum Gasteiger partial charge on any atom is 0.255 e. The van der Waals surface area contributed by atoms with Gasteiger partial charge in [-0.15, -0.1) is 0 Å². The van der Waals surface area contributed by atoms with Crippen molar-refractivity contribution in [3.05, 3.63) is 59.2 Å². The molecule has 1 aliphatic heterocycles. The van der Waals surface area contributed by atoms with E-state index in [0.717, 1.165) is 25.0 Å². The summed E-state index contributed by atoms with van der Waals surface area (Å²) in [5.74, 6) is -2.94.